The maximum atomic E-state index is 8.82. The van der Waals surface area contributed by atoms with Crippen LogP contribution in [0.3, 0.4) is 0 Å². The van der Waals surface area contributed by atoms with Crippen LogP contribution < -0.4 is 5.32 Å². The van der Waals surface area contributed by atoms with E-state index in [-0.39, 0.29) is 12.6 Å². The van der Waals surface area contributed by atoms with Gasteiger partial charge in [-0.2, -0.15) is 0 Å². The Kier molecular flexibility index (Phi) is 3.34. The summed E-state index contributed by atoms with van der Waals surface area (Å²) < 4.78 is 0. The van der Waals surface area contributed by atoms with E-state index in [9.17, 15) is 0 Å². The molecular formula is C9H19NO. The van der Waals surface area contributed by atoms with Crippen LogP contribution >= 0.6 is 0 Å². The molecule has 1 rings (SSSR count). The van der Waals surface area contributed by atoms with Gasteiger partial charge in [-0.1, -0.05) is 13.3 Å². The van der Waals surface area contributed by atoms with E-state index >= 15 is 0 Å². The molecule has 2 N–H and O–H groups in total. The zero-order valence-electron chi connectivity index (χ0n) is 7.51. The molecule has 0 aromatic heterocycles. The van der Waals surface area contributed by atoms with Crippen LogP contribution in [-0.4, -0.2) is 23.8 Å². The molecule has 0 saturated heterocycles. The van der Waals surface area contributed by atoms with Crippen molar-refractivity contribution in [1.82, 2.24) is 5.32 Å². The van der Waals surface area contributed by atoms with E-state index in [0.29, 0.717) is 6.04 Å². The lowest BCUT2D eigenvalue weighted by Gasteiger charge is -2.21. The summed E-state index contributed by atoms with van der Waals surface area (Å²) in [6, 6.07) is 0.915. The highest BCUT2D eigenvalue weighted by molar-refractivity contribution is 4.81. The molecule has 0 aliphatic heterocycles. The predicted octanol–water partition coefficient (Wildman–Crippen LogP) is 1.15. The lowest BCUT2D eigenvalue weighted by Crippen LogP contribution is -2.39. The van der Waals surface area contributed by atoms with Gasteiger partial charge in [-0.25, -0.2) is 0 Å². The molecule has 66 valence electrons. The minimum Gasteiger partial charge on any atom is -0.395 e. The highest BCUT2D eigenvalue weighted by Crippen LogP contribution is 2.24. The van der Waals surface area contributed by atoms with E-state index in [1.165, 1.54) is 19.3 Å². The van der Waals surface area contributed by atoms with Crippen molar-refractivity contribution in [2.45, 2.75) is 45.2 Å². The van der Waals surface area contributed by atoms with Crippen LogP contribution in [0.1, 0.15) is 33.1 Å². The molecule has 2 nitrogen and oxygen atoms in total. The molecule has 0 spiro atoms. The Balaban J connectivity index is 2.24. The lowest BCUT2D eigenvalue weighted by molar-refractivity contribution is 0.232. The first-order valence-electron chi connectivity index (χ1n) is 4.61. The van der Waals surface area contributed by atoms with Crippen molar-refractivity contribution in [2.24, 2.45) is 5.92 Å². The molecule has 0 bridgehead atoms. The molecule has 0 radical (unpaired) electrons. The largest absolute Gasteiger partial charge is 0.395 e. The van der Waals surface area contributed by atoms with Gasteiger partial charge in [0.2, 0.25) is 0 Å². The maximum absolute atomic E-state index is 8.82. The second-order valence-corrected chi connectivity index (χ2v) is 3.76. The van der Waals surface area contributed by atoms with Crippen molar-refractivity contribution in [2.75, 3.05) is 6.61 Å². The van der Waals surface area contributed by atoms with Gasteiger partial charge in [-0.05, 0) is 25.7 Å². The van der Waals surface area contributed by atoms with Gasteiger partial charge >= 0.3 is 0 Å². The van der Waals surface area contributed by atoms with Crippen LogP contribution in [0.5, 0.6) is 0 Å². The third kappa shape index (κ3) is 2.46. The fourth-order valence-corrected chi connectivity index (χ4v) is 1.81. The summed E-state index contributed by atoms with van der Waals surface area (Å²) in [5.41, 5.74) is 0. The van der Waals surface area contributed by atoms with Gasteiger partial charge in [0, 0.05) is 12.1 Å². The molecule has 1 fully saturated rings. The second kappa shape index (κ2) is 4.07. The Hall–Kier alpha value is -0.0800. The van der Waals surface area contributed by atoms with Gasteiger partial charge in [0.25, 0.3) is 0 Å². The second-order valence-electron chi connectivity index (χ2n) is 3.76. The minimum absolute atomic E-state index is 0.253. The lowest BCUT2D eigenvalue weighted by atomic mass is 10.1. The first-order chi connectivity index (χ1) is 5.24. The smallest absolute Gasteiger partial charge is 0.0582 e. The third-order valence-corrected chi connectivity index (χ3v) is 2.63. The Morgan fingerprint density at radius 3 is 2.73 bits per heavy atom. The Morgan fingerprint density at radius 2 is 2.27 bits per heavy atom. The Morgan fingerprint density at radius 1 is 1.55 bits per heavy atom. The van der Waals surface area contributed by atoms with Gasteiger partial charge < -0.3 is 10.4 Å². The SMILES string of the molecule is C[C@@H](CO)N[C@@H]1CCC[C@@H]1C. The van der Waals surface area contributed by atoms with Crippen LogP contribution in [0.25, 0.3) is 0 Å². The van der Waals surface area contributed by atoms with Gasteiger partial charge in [0.05, 0.1) is 6.61 Å². The number of aliphatic hydroxyl groups excluding tert-OH is 1. The molecule has 0 unspecified atom stereocenters. The van der Waals surface area contributed by atoms with Crippen LogP contribution in [0, 0.1) is 5.92 Å². The van der Waals surface area contributed by atoms with Crippen molar-refractivity contribution in [3.8, 4) is 0 Å². The number of rotatable bonds is 3. The van der Waals surface area contributed by atoms with E-state index in [1.807, 2.05) is 6.92 Å². The summed E-state index contributed by atoms with van der Waals surface area (Å²) in [7, 11) is 0. The van der Waals surface area contributed by atoms with Gasteiger partial charge in [0.15, 0.2) is 0 Å². The van der Waals surface area contributed by atoms with Gasteiger partial charge in [0.1, 0.15) is 0 Å². The molecule has 0 amide bonds. The molecule has 1 saturated carbocycles. The highest BCUT2D eigenvalue weighted by atomic mass is 16.3. The zero-order chi connectivity index (χ0) is 8.27. The number of nitrogens with one attached hydrogen (secondary N) is 1. The third-order valence-electron chi connectivity index (χ3n) is 2.63. The van der Waals surface area contributed by atoms with Crippen molar-refractivity contribution < 1.29 is 5.11 Å². The minimum atomic E-state index is 0.253. The molecule has 0 aromatic carbocycles. The number of hydrogen-bond donors (Lipinski definition) is 2. The normalized spacial score (nSPS) is 34.1. The van der Waals surface area contributed by atoms with Crippen molar-refractivity contribution in [3.05, 3.63) is 0 Å². The van der Waals surface area contributed by atoms with Crippen LogP contribution in [-0.2, 0) is 0 Å². The van der Waals surface area contributed by atoms with E-state index in [2.05, 4.69) is 12.2 Å². The van der Waals surface area contributed by atoms with Gasteiger partial charge in [-0.3, -0.25) is 0 Å². The Labute approximate surface area is 69.0 Å². The summed E-state index contributed by atoms with van der Waals surface area (Å²) in [5.74, 6) is 0.795. The highest BCUT2D eigenvalue weighted by Gasteiger charge is 2.23. The van der Waals surface area contributed by atoms with E-state index in [4.69, 9.17) is 5.11 Å². The first-order valence-corrected chi connectivity index (χ1v) is 4.61. The standard InChI is InChI=1S/C9H19NO/c1-7-4-3-5-9(7)10-8(2)6-11/h7-11H,3-6H2,1-2H3/t7-,8-,9+/m0/s1. The first kappa shape index (κ1) is 9.01. The van der Waals surface area contributed by atoms with Crippen LogP contribution in [0.15, 0.2) is 0 Å². The molecule has 1 aliphatic carbocycles. The van der Waals surface area contributed by atoms with Crippen LogP contribution in [0.4, 0.5) is 0 Å². The van der Waals surface area contributed by atoms with Gasteiger partial charge in [-0.15, -0.1) is 0 Å². The molecule has 0 aromatic rings. The van der Waals surface area contributed by atoms with E-state index < -0.39 is 0 Å². The van der Waals surface area contributed by atoms with Crippen molar-refractivity contribution >= 4 is 0 Å². The number of hydrogen-bond acceptors (Lipinski definition) is 2. The topological polar surface area (TPSA) is 32.3 Å². The monoisotopic (exact) mass is 157 g/mol. The Bertz CT molecular complexity index is 116. The predicted molar refractivity (Wildman–Crippen MR) is 46.5 cm³/mol. The average molecular weight is 157 g/mol. The fraction of sp³-hybridized carbons (Fsp3) is 1.00. The summed E-state index contributed by atoms with van der Waals surface area (Å²) >= 11 is 0. The molecule has 11 heavy (non-hydrogen) atoms. The van der Waals surface area contributed by atoms with E-state index in [1.54, 1.807) is 0 Å². The molecular weight excluding hydrogens is 138 g/mol. The fourth-order valence-electron chi connectivity index (χ4n) is 1.81. The van der Waals surface area contributed by atoms with Crippen molar-refractivity contribution in [1.29, 1.82) is 0 Å². The molecule has 1 aliphatic rings. The van der Waals surface area contributed by atoms with Crippen LogP contribution in [0.2, 0.25) is 0 Å². The molecule has 0 heterocycles. The quantitative estimate of drug-likeness (QED) is 0.644. The molecule has 3 atom stereocenters. The summed E-state index contributed by atoms with van der Waals surface area (Å²) in [5, 5.41) is 12.2. The summed E-state index contributed by atoms with van der Waals surface area (Å²) in [6.45, 7) is 4.57. The molecule has 2 heteroatoms. The maximum Gasteiger partial charge on any atom is 0.0582 e. The summed E-state index contributed by atoms with van der Waals surface area (Å²) in [4.78, 5) is 0. The van der Waals surface area contributed by atoms with E-state index in [0.717, 1.165) is 5.92 Å². The summed E-state index contributed by atoms with van der Waals surface area (Å²) in [6.07, 6.45) is 3.97. The van der Waals surface area contributed by atoms with Crippen molar-refractivity contribution in [3.63, 3.8) is 0 Å². The zero-order valence-corrected chi connectivity index (χ0v) is 7.51. The number of aliphatic hydroxyl groups is 1. The average Bonchev–Trinajstić information content (AvgIpc) is 2.37.